The molecule has 0 spiro atoms. The van der Waals surface area contributed by atoms with Crippen molar-refractivity contribution in [2.75, 3.05) is 26.2 Å². The summed E-state index contributed by atoms with van der Waals surface area (Å²) in [6.07, 6.45) is 0.932. The number of nitrogens with zero attached hydrogens (tertiary/aromatic N) is 2. The quantitative estimate of drug-likeness (QED) is 0.415. The van der Waals surface area contributed by atoms with Crippen molar-refractivity contribution < 1.29 is 5.11 Å². The van der Waals surface area contributed by atoms with E-state index in [1.165, 1.54) is 0 Å². The van der Waals surface area contributed by atoms with Crippen molar-refractivity contribution in [2.24, 2.45) is 15.8 Å². The Morgan fingerprint density at radius 1 is 1.29 bits per heavy atom. The van der Waals surface area contributed by atoms with Gasteiger partial charge in [-0.1, -0.05) is 27.7 Å². The molecule has 1 atom stereocenters. The maximum Gasteiger partial charge on any atom is 0.194 e. The van der Waals surface area contributed by atoms with Crippen molar-refractivity contribution in [3.63, 3.8) is 0 Å². The number of aliphatic imine (C=N–C) groups is 1. The molecular formula is C16H34IN3O. The first kappa shape index (κ1) is 21.0. The first-order valence-corrected chi connectivity index (χ1v) is 7.80. The number of guanidine groups is 1. The molecule has 0 bridgehead atoms. The van der Waals surface area contributed by atoms with Crippen molar-refractivity contribution in [1.82, 2.24) is 10.2 Å². The van der Waals surface area contributed by atoms with Crippen molar-refractivity contribution in [3.8, 4) is 0 Å². The minimum Gasteiger partial charge on any atom is -0.396 e. The lowest BCUT2D eigenvalue weighted by atomic mass is 9.65. The molecule has 0 aromatic carbocycles. The number of hydrogen-bond donors (Lipinski definition) is 2. The van der Waals surface area contributed by atoms with E-state index in [0.29, 0.717) is 12.0 Å². The van der Waals surface area contributed by atoms with Crippen LogP contribution in [0.15, 0.2) is 4.99 Å². The van der Waals surface area contributed by atoms with E-state index < -0.39 is 0 Å². The highest BCUT2D eigenvalue weighted by atomic mass is 127. The highest BCUT2D eigenvalue weighted by molar-refractivity contribution is 14.0. The lowest BCUT2D eigenvalue weighted by molar-refractivity contribution is -0.0669. The SMILES string of the molecule is CCNC(=NCC(C)(CC)CO)N1CC(C)(C)C1(C)C.I. The smallest absolute Gasteiger partial charge is 0.194 e. The summed E-state index contributed by atoms with van der Waals surface area (Å²) >= 11 is 0. The molecule has 1 saturated heterocycles. The van der Waals surface area contributed by atoms with Crippen molar-refractivity contribution >= 4 is 29.9 Å². The number of nitrogens with one attached hydrogen (secondary N) is 1. The maximum absolute atomic E-state index is 9.52. The third-order valence-electron chi connectivity index (χ3n) is 5.32. The zero-order valence-corrected chi connectivity index (χ0v) is 17.1. The monoisotopic (exact) mass is 411 g/mol. The van der Waals surface area contributed by atoms with Crippen LogP contribution in [0.25, 0.3) is 0 Å². The van der Waals surface area contributed by atoms with Gasteiger partial charge in [-0.15, -0.1) is 24.0 Å². The molecule has 1 aliphatic rings. The molecule has 5 heteroatoms. The van der Waals surface area contributed by atoms with Crippen LogP contribution >= 0.6 is 24.0 Å². The van der Waals surface area contributed by atoms with Crippen LogP contribution in [0, 0.1) is 10.8 Å². The molecule has 1 unspecified atom stereocenters. The average Bonchev–Trinajstić information content (AvgIpc) is 2.40. The molecule has 1 heterocycles. The summed E-state index contributed by atoms with van der Waals surface area (Å²) < 4.78 is 0. The van der Waals surface area contributed by atoms with Crippen LogP contribution < -0.4 is 5.32 Å². The van der Waals surface area contributed by atoms with Gasteiger partial charge in [0, 0.05) is 29.5 Å². The van der Waals surface area contributed by atoms with Gasteiger partial charge in [0.05, 0.1) is 13.2 Å². The number of likely N-dealkylation sites (tertiary alicyclic amines) is 1. The van der Waals surface area contributed by atoms with Gasteiger partial charge < -0.3 is 15.3 Å². The van der Waals surface area contributed by atoms with Gasteiger partial charge in [-0.3, -0.25) is 4.99 Å². The van der Waals surface area contributed by atoms with Gasteiger partial charge in [0.25, 0.3) is 0 Å². The van der Waals surface area contributed by atoms with Crippen molar-refractivity contribution in [3.05, 3.63) is 0 Å². The Kier molecular flexibility index (Phi) is 7.47. The van der Waals surface area contributed by atoms with Crippen LogP contribution in [-0.4, -0.2) is 47.7 Å². The Hall–Kier alpha value is -0.0400. The molecule has 21 heavy (non-hydrogen) atoms. The average molecular weight is 411 g/mol. The molecule has 0 radical (unpaired) electrons. The Morgan fingerprint density at radius 2 is 1.86 bits per heavy atom. The van der Waals surface area contributed by atoms with E-state index in [9.17, 15) is 5.11 Å². The van der Waals surface area contributed by atoms with Gasteiger partial charge in [0.15, 0.2) is 5.96 Å². The van der Waals surface area contributed by atoms with Crippen LogP contribution in [-0.2, 0) is 0 Å². The molecule has 2 N–H and O–H groups in total. The second kappa shape index (κ2) is 7.49. The second-order valence-corrected chi connectivity index (χ2v) is 7.52. The fourth-order valence-electron chi connectivity index (χ4n) is 2.33. The largest absolute Gasteiger partial charge is 0.396 e. The molecule has 0 aliphatic carbocycles. The Labute approximate surface area is 147 Å². The lowest BCUT2D eigenvalue weighted by Gasteiger charge is -2.62. The number of rotatable bonds is 5. The van der Waals surface area contributed by atoms with Gasteiger partial charge in [-0.2, -0.15) is 0 Å². The van der Waals surface area contributed by atoms with Crippen molar-refractivity contribution in [2.45, 2.75) is 60.4 Å². The van der Waals surface area contributed by atoms with Gasteiger partial charge in [0.1, 0.15) is 0 Å². The third kappa shape index (κ3) is 4.24. The van der Waals surface area contributed by atoms with E-state index in [2.05, 4.69) is 58.7 Å². The first-order chi connectivity index (χ1) is 9.13. The molecule has 1 aliphatic heterocycles. The Balaban J connectivity index is 0.00000400. The first-order valence-electron chi connectivity index (χ1n) is 7.80. The van der Waals surface area contributed by atoms with E-state index in [1.807, 2.05) is 0 Å². The highest BCUT2D eigenvalue weighted by Crippen LogP contribution is 2.46. The molecule has 0 amide bonds. The Bertz CT molecular complexity index is 363. The highest BCUT2D eigenvalue weighted by Gasteiger charge is 2.53. The van der Waals surface area contributed by atoms with Gasteiger partial charge >= 0.3 is 0 Å². The topological polar surface area (TPSA) is 47.9 Å². The second-order valence-electron chi connectivity index (χ2n) is 7.52. The molecular weight excluding hydrogens is 377 g/mol. The molecule has 4 nitrogen and oxygen atoms in total. The normalized spacial score (nSPS) is 22.9. The number of halogens is 1. The zero-order valence-electron chi connectivity index (χ0n) is 14.8. The van der Waals surface area contributed by atoms with Gasteiger partial charge in [-0.25, -0.2) is 0 Å². The van der Waals surface area contributed by atoms with E-state index >= 15 is 0 Å². The summed E-state index contributed by atoms with van der Waals surface area (Å²) in [4.78, 5) is 7.13. The predicted octanol–water partition coefficient (Wildman–Crippen LogP) is 3.10. The predicted molar refractivity (Wildman–Crippen MR) is 101 cm³/mol. The molecule has 0 aromatic heterocycles. The zero-order chi connectivity index (χ0) is 15.6. The minimum atomic E-state index is -0.120. The number of hydrogen-bond acceptors (Lipinski definition) is 2. The van der Waals surface area contributed by atoms with Crippen molar-refractivity contribution in [1.29, 1.82) is 0 Å². The molecule has 0 aromatic rings. The molecule has 1 fully saturated rings. The summed E-state index contributed by atoms with van der Waals surface area (Å²) in [5.41, 5.74) is 0.287. The minimum absolute atomic E-state index is 0. The van der Waals surface area contributed by atoms with Gasteiger partial charge in [-0.05, 0) is 27.2 Å². The maximum atomic E-state index is 9.52. The van der Waals surface area contributed by atoms with Gasteiger partial charge in [0.2, 0.25) is 0 Å². The molecule has 0 saturated carbocycles. The summed E-state index contributed by atoms with van der Waals surface area (Å²) in [5.74, 6) is 0.977. The summed E-state index contributed by atoms with van der Waals surface area (Å²) in [7, 11) is 0. The third-order valence-corrected chi connectivity index (χ3v) is 5.32. The van der Waals surface area contributed by atoms with Crippen LogP contribution in [0.1, 0.15) is 54.9 Å². The Morgan fingerprint density at radius 3 is 2.19 bits per heavy atom. The molecule has 1 rings (SSSR count). The lowest BCUT2D eigenvalue weighted by Crippen LogP contribution is -2.72. The molecule has 126 valence electrons. The van der Waals surface area contributed by atoms with Crippen LogP contribution in [0.3, 0.4) is 0 Å². The fraction of sp³-hybridized carbons (Fsp3) is 0.938. The summed E-state index contributed by atoms with van der Waals surface area (Å²) in [5, 5.41) is 12.9. The summed E-state index contributed by atoms with van der Waals surface area (Å²) in [6.45, 7) is 18.2. The van der Waals surface area contributed by atoms with Crippen LogP contribution in [0.2, 0.25) is 0 Å². The standard InChI is InChI=1S/C16H33N3O.HI/c1-8-16(7,12-20)10-18-13(17-9-2)19-11-14(3,4)15(19,5)6;/h20H,8-12H2,1-7H3,(H,17,18);1H. The number of aliphatic hydroxyl groups excluding tert-OH is 1. The number of aliphatic hydroxyl groups is 1. The summed E-state index contributed by atoms with van der Waals surface area (Å²) in [6, 6.07) is 0. The van der Waals surface area contributed by atoms with E-state index in [1.54, 1.807) is 0 Å². The van der Waals surface area contributed by atoms with Crippen LogP contribution in [0.4, 0.5) is 0 Å². The van der Waals surface area contributed by atoms with Crippen LogP contribution in [0.5, 0.6) is 0 Å². The van der Waals surface area contributed by atoms with E-state index in [-0.39, 0.29) is 41.5 Å². The van der Waals surface area contributed by atoms with E-state index in [4.69, 9.17) is 4.99 Å². The fourth-order valence-corrected chi connectivity index (χ4v) is 2.33. The van der Waals surface area contributed by atoms with E-state index in [0.717, 1.165) is 25.5 Å².